The van der Waals surface area contributed by atoms with Crippen LogP contribution in [-0.2, 0) is 17.8 Å². The monoisotopic (exact) mass is 533 g/mol. The predicted molar refractivity (Wildman–Crippen MR) is 144 cm³/mol. The first kappa shape index (κ1) is 27.4. The summed E-state index contributed by atoms with van der Waals surface area (Å²) in [5.74, 6) is -1.87. The maximum atomic E-state index is 13.6. The Kier molecular flexibility index (Phi) is 8.30. The number of nitro groups is 1. The second-order valence-corrected chi connectivity index (χ2v) is 9.43. The van der Waals surface area contributed by atoms with Crippen LogP contribution in [0.5, 0.6) is 0 Å². The van der Waals surface area contributed by atoms with Crippen molar-refractivity contribution in [3.05, 3.63) is 105 Å². The molecular formula is C28H30FN6O4+. The number of nitrogens with two attached hydrogens (primary N) is 1. The molecule has 202 valence electrons. The van der Waals surface area contributed by atoms with E-state index >= 15 is 0 Å². The van der Waals surface area contributed by atoms with Crippen molar-refractivity contribution < 1.29 is 24.2 Å². The molecule has 0 saturated heterocycles. The lowest BCUT2D eigenvalue weighted by molar-refractivity contribution is -0.630. The molecule has 4 rings (SSSR count). The van der Waals surface area contributed by atoms with Gasteiger partial charge >= 0.3 is 0 Å². The highest BCUT2D eigenvalue weighted by molar-refractivity contribution is 6.48. The van der Waals surface area contributed by atoms with Crippen molar-refractivity contribution in [2.45, 2.75) is 26.8 Å². The summed E-state index contributed by atoms with van der Waals surface area (Å²) in [6.45, 7) is 4.31. The van der Waals surface area contributed by atoms with E-state index in [2.05, 4.69) is 10.3 Å². The first-order chi connectivity index (χ1) is 18.7. The van der Waals surface area contributed by atoms with Crippen molar-refractivity contribution in [1.82, 2.24) is 9.88 Å². The minimum Gasteiger partial charge on any atom is -0.357 e. The molecule has 1 unspecified atom stereocenters. The first-order valence-electron chi connectivity index (χ1n) is 12.6. The number of rotatable bonds is 9. The number of nitrogens with one attached hydrogen (secondary N) is 3. The third-order valence-electron chi connectivity index (χ3n) is 6.75. The van der Waals surface area contributed by atoms with Gasteiger partial charge in [0.25, 0.3) is 17.5 Å². The van der Waals surface area contributed by atoms with Gasteiger partial charge in [-0.25, -0.2) is 4.39 Å². The summed E-state index contributed by atoms with van der Waals surface area (Å²) in [4.78, 5) is 41.6. The van der Waals surface area contributed by atoms with E-state index in [1.54, 1.807) is 34.6 Å². The highest BCUT2D eigenvalue weighted by atomic mass is 19.1. The third-order valence-corrected chi connectivity index (χ3v) is 6.75. The summed E-state index contributed by atoms with van der Waals surface area (Å²) in [6, 6.07) is 14.1. The molecule has 0 spiro atoms. The van der Waals surface area contributed by atoms with Gasteiger partial charge in [-0.3, -0.25) is 25.1 Å². The Morgan fingerprint density at radius 1 is 1.23 bits per heavy atom. The summed E-state index contributed by atoms with van der Waals surface area (Å²) in [7, 11) is 0. The number of hydrogen-bond acceptors (Lipinski definition) is 5. The maximum Gasteiger partial charge on any atom is 0.281 e. The molecule has 39 heavy (non-hydrogen) atoms. The van der Waals surface area contributed by atoms with Crippen molar-refractivity contribution in [3.63, 3.8) is 0 Å². The Morgan fingerprint density at radius 3 is 2.72 bits per heavy atom. The fourth-order valence-electron chi connectivity index (χ4n) is 4.71. The number of halogens is 1. The Labute approximate surface area is 224 Å². The standard InChI is InChI=1S/C28H29FN6O4/c1-3-18-6-4-7-21(12-18)33-27(36)25(30)22-16-34(28(37)23-8-5-11-31-23)15-17(2)26(22)32-14-19-9-10-20(29)13-24(19)35(38)39/h4-13,17,30-32H,3,14-16H2,1-2H3,(H,33,36)/p+1. The zero-order chi connectivity index (χ0) is 28.1. The van der Waals surface area contributed by atoms with E-state index in [1.807, 2.05) is 32.0 Å². The van der Waals surface area contributed by atoms with Gasteiger partial charge in [-0.1, -0.05) is 26.0 Å². The van der Waals surface area contributed by atoms with Crippen LogP contribution in [0.4, 0.5) is 15.8 Å². The van der Waals surface area contributed by atoms with Crippen molar-refractivity contribution in [3.8, 4) is 0 Å². The number of carbonyl (C=O) groups excluding carboxylic acids is 2. The fraction of sp³-hybridized carbons (Fsp3) is 0.250. The molecule has 1 atom stereocenters. The number of nitrogens with zero attached hydrogens (tertiary/aromatic N) is 2. The van der Waals surface area contributed by atoms with Crippen LogP contribution in [-0.4, -0.2) is 45.4 Å². The van der Waals surface area contributed by atoms with Crippen molar-refractivity contribution >= 4 is 28.9 Å². The van der Waals surface area contributed by atoms with E-state index in [0.717, 1.165) is 24.1 Å². The van der Waals surface area contributed by atoms with E-state index in [1.165, 1.54) is 6.07 Å². The lowest BCUT2D eigenvalue weighted by atomic mass is 9.92. The van der Waals surface area contributed by atoms with E-state index in [-0.39, 0.29) is 36.3 Å². The van der Waals surface area contributed by atoms with Crippen LogP contribution < -0.4 is 10.6 Å². The zero-order valence-electron chi connectivity index (χ0n) is 21.7. The maximum absolute atomic E-state index is 13.6. The third kappa shape index (κ3) is 6.27. The molecule has 11 heteroatoms. The average molecular weight is 534 g/mol. The second-order valence-electron chi connectivity index (χ2n) is 9.43. The van der Waals surface area contributed by atoms with Crippen molar-refractivity contribution in [2.24, 2.45) is 5.92 Å². The molecule has 5 N–H and O–H groups in total. The SMILES string of the molecule is CCc1cccc(NC(=O)C(=N)C2=C([NH2+]Cc3ccc(F)cc3[N+](=O)[O-])C(C)CN(C(=O)c3ccc[nH]3)C2)c1. The minimum absolute atomic E-state index is 0.0147. The number of aryl methyl sites for hydroxylation is 1. The largest absolute Gasteiger partial charge is 0.357 e. The molecule has 10 nitrogen and oxygen atoms in total. The van der Waals surface area contributed by atoms with Crippen LogP contribution in [0.1, 0.15) is 35.5 Å². The number of benzene rings is 2. The molecule has 1 aliphatic rings. The van der Waals surface area contributed by atoms with Crippen molar-refractivity contribution in [2.75, 3.05) is 18.4 Å². The Bertz CT molecular complexity index is 1450. The summed E-state index contributed by atoms with van der Waals surface area (Å²) in [5, 5.41) is 24.8. The van der Waals surface area contributed by atoms with Crippen LogP contribution >= 0.6 is 0 Å². The lowest BCUT2D eigenvalue weighted by Crippen LogP contribution is -2.83. The van der Waals surface area contributed by atoms with E-state index in [4.69, 9.17) is 5.41 Å². The van der Waals surface area contributed by atoms with Gasteiger partial charge in [-0.05, 0) is 48.4 Å². The Morgan fingerprint density at radius 2 is 2.03 bits per heavy atom. The van der Waals surface area contributed by atoms with Gasteiger partial charge in [0.2, 0.25) is 0 Å². The summed E-state index contributed by atoms with van der Waals surface area (Å²) >= 11 is 0. The molecule has 2 amide bonds. The summed E-state index contributed by atoms with van der Waals surface area (Å²) in [6.07, 6.45) is 2.43. The number of hydrogen-bond donors (Lipinski definition) is 4. The Balaban J connectivity index is 1.65. The Hall–Kier alpha value is -4.64. The summed E-state index contributed by atoms with van der Waals surface area (Å²) < 4.78 is 13.6. The molecule has 0 fully saturated rings. The first-order valence-corrected chi connectivity index (χ1v) is 12.6. The van der Waals surface area contributed by atoms with Gasteiger partial charge in [0.15, 0.2) is 0 Å². The van der Waals surface area contributed by atoms with Crippen LogP contribution in [0.2, 0.25) is 0 Å². The molecule has 0 bridgehead atoms. The van der Waals surface area contributed by atoms with E-state index in [9.17, 15) is 24.1 Å². The highest BCUT2D eigenvalue weighted by Crippen LogP contribution is 2.24. The van der Waals surface area contributed by atoms with Crippen molar-refractivity contribution in [1.29, 1.82) is 5.41 Å². The fourth-order valence-corrected chi connectivity index (χ4v) is 4.71. The number of nitro benzene ring substituents is 1. The molecule has 1 aliphatic heterocycles. The number of carbonyl (C=O) groups is 2. The number of quaternary nitrogens is 1. The van der Waals surface area contributed by atoms with Crippen LogP contribution in [0.15, 0.2) is 72.1 Å². The zero-order valence-corrected chi connectivity index (χ0v) is 21.7. The van der Waals surface area contributed by atoms with Gasteiger partial charge in [0.05, 0.1) is 28.7 Å². The second kappa shape index (κ2) is 11.8. The topological polar surface area (TPSA) is 149 Å². The number of anilines is 1. The van der Waals surface area contributed by atoms with E-state index < -0.39 is 16.6 Å². The van der Waals surface area contributed by atoms with Gasteiger partial charge in [0, 0.05) is 24.3 Å². The van der Waals surface area contributed by atoms with Crippen LogP contribution in [0, 0.1) is 27.3 Å². The molecule has 1 aromatic heterocycles. The molecular weight excluding hydrogens is 503 g/mol. The molecule has 0 aliphatic carbocycles. The number of aromatic nitrogens is 1. The van der Waals surface area contributed by atoms with Gasteiger partial charge in [0.1, 0.15) is 29.5 Å². The molecule has 3 aromatic rings. The van der Waals surface area contributed by atoms with Gasteiger partial charge in [-0.15, -0.1) is 0 Å². The quantitative estimate of drug-likeness (QED) is 0.189. The van der Waals surface area contributed by atoms with Crippen LogP contribution in [0.25, 0.3) is 0 Å². The lowest BCUT2D eigenvalue weighted by Gasteiger charge is -2.33. The summed E-state index contributed by atoms with van der Waals surface area (Å²) in [5.41, 5.74) is 2.63. The predicted octanol–water partition coefficient (Wildman–Crippen LogP) is 3.39. The number of aromatic amines is 1. The minimum atomic E-state index is -0.708. The molecule has 2 heterocycles. The average Bonchev–Trinajstić information content (AvgIpc) is 3.47. The number of H-pyrrole nitrogens is 1. The normalized spacial score (nSPS) is 15.3. The smallest absolute Gasteiger partial charge is 0.281 e. The molecule has 2 aromatic carbocycles. The van der Waals surface area contributed by atoms with Gasteiger partial charge in [-0.2, -0.15) is 0 Å². The number of amides is 2. The molecule has 0 radical (unpaired) electrons. The molecule has 0 saturated carbocycles. The van der Waals surface area contributed by atoms with Crippen LogP contribution in [0.3, 0.4) is 0 Å². The van der Waals surface area contributed by atoms with Gasteiger partial charge < -0.3 is 20.5 Å². The highest BCUT2D eigenvalue weighted by Gasteiger charge is 2.35. The van der Waals surface area contributed by atoms with E-state index in [0.29, 0.717) is 34.8 Å².